The van der Waals surface area contributed by atoms with Crippen molar-refractivity contribution in [1.82, 2.24) is 4.90 Å². The Morgan fingerprint density at radius 1 is 0.897 bits per heavy atom. The number of carbonyl (C=O) groups is 2. The Kier molecular flexibility index (Phi) is 5.44. The molecule has 6 heteroatoms. The van der Waals surface area contributed by atoms with Gasteiger partial charge in [-0.3, -0.25) is 14.5 Å². The third-order valence-corrected chi connectivity index (χ3v) is 5.20. The van der Waals surface area contributed by atoms with Gasteiger partial charge in [0.1, 0.15) is 17.3 Å². The number of carbonyl (C=O) groups excluding carboxylic acids is 2. The molecule has 1 aliphatic heterocycles. The van der Waals surface area contributed by atoms with Crippen LogP contribution < -0.4 is 4.74 Å². The number of halogens is 1. The van der Waals surface area contributed by atoms with Crippen LogP contribution in [0.1, 0.15) is 11.1 Å². The Labute approximate surface area is 171 Å². The van der Waals surface area contributed by atoms with Crippen LogP contribution in [0, 0.1) is 5.82 Å². The van der Waals surface area contributed by atoms with Gasteiger partial charge in [0.2, 0.25) is 0 Å². The van der Waals surface area contributed by atoms with Crippen molar-refractivity contribution in [3.63, 3.8) is 0 Å². The van der Waals surface area contributed by atoms with Crippen LogP contribution in [0.2, 0.25) is 0 Å². The van der Waals surface area contributed by atoms with Gasteiger partial charge in [-0.25, -0.2) is 4.39 Å². The Hall–Kier alpha value is -3.38. The van der Waals surface area contributed by atoms with Crippen LogP contribution in [0.15, 0.2) is 83.8 Å². The number of benzene rings is 3. The Morgan fingerprint density at radius 3 is 2.41 bits per heavy atom. The molecule has 0 radical (unpaired) electrons. The average molecular weight is 405 g/mol. The molecule has 0 saturated carbocycles. The minimum Gasteiger partial charge on any atom is -0.457 e. The zero-order valence-electron chi connectivity index (χ0n) is 15.2. The molecule has 0 unspecified atom stereocenters. The van der Waals surface area contributed by atoms with Gasteiger partial charge in [0.15, 0.2) is 0 Å². The number of thioether (sulfide) groups is 1. The highest BCUT2D eigenvalue weighted by Crippen LogP contribution is 2.34. The standard InChI is InChI=1S/C23H16FNO3S/c24-20-12-5-4-8-17(20)15-25-22(26)21(29-23(25)27)14-16-7-6-11-19(13-16)28-18-9-2-1-3-10-18/h1-14H,15H2/b21-14+. The molecule has 1 heterocycles. The van der Waals surface area contributed by atoms with Gasteiger partial charge >= 0.3 is 0 Å². The number of hydrogen-bond donors (Lipinski definition) is 0. The van der Waals surface area contributed by atoms with Gasteiger partial charge in [0, 0.05) is 5.56 Å². The van der Waals surface area contributed by atoms with E-state index in [-0.39, 0.29) is 6.54 Å². The van der Waals surface area contributed by atoms with Gasteiger partial charge in [-0.05, 0) is 53.7 Å². The summed E-state index contributed by atoms with van der Waals surface area (Å²) in [6.45, 7) is -0.0914. The fourth-order valence-corrected chi connectivity index (χ4v) is 3.72. The van der Waals surface area contributed by atoms with Crippen molar-refractivity contribution in [1.29, 1.82) is 0 Å². The van der Waals surface area contributed by atoms with E-state index < -0.39 is 17.0 Å². The van der Waals surface area contributed by atoms with Crippen LogP contribution >= 0.6 is 11.8 Å². The summed E-state index contributed by atoms with van der Waals surface area (Å²) in [6, 6.07) is 22.7. The molecule has 3 aromatic rings. The van der Waals surface area contributed by atoms with E-state index in [2.05, 4.69) is 0 Å². The lowest BCUT2D eigenvalue weighted by Gasteiger charge is -2.12. The number of nitrogens with zero attached hydrogens (tertiary/aromatic N) is 1. The number of para-hydroxylation sites is 1. The third kappa shape index (κ3) is 4.38. The third-order valence-electron chi connectivity index (χ3n) is 4.29. The van der Waals surface area contributed by atoms with Crippen molar-refractivity contribution in [3.8, 4) is 11.5 Å². The van der Waals surface area contributed by atoms with Crippen LogP contribution in [0.25, 0.3) is 6.08 Å². The summed E-state index contributed by atoms with van der Waals surface area (Å²) in [5, 5.41) is -0.416. The summed E-state index contributed by atoms with van der Waals surface area (Å²) in [5.74, 6) is 0.448. The molecule has 4 nitrogen and oxygen atoms in total. The molecule has 0 spiro atoms. The molecule has 0 aromatic heterocycles. The van der Waals surface area contributed by atoms with Crippen LogP contribution in [-0.2, 0) is 11.3 Å². The molecule has 1 saturated heterocycles. The summed E-state index contributed by atoms with van der Waals surface area (Å²) in [5.41, 5.74) is 1.03. The fraction of sp³-hybridized carbons (Fsp3) is 0.0435. The zero-order chi connectivity index (χ0) is 20.2. The summed E-state index contributed by atoms with van der Waals surface area (Å²) in [4.78, 5) is 26.3. The molecule has 29 heavy (non-hydrogen) atoms. The van der Waals surface area contributed by atoms with Crippen LogP contribution in [0.5, 0.6) is 11.5 Å². The second-order valence-electron chi connectivity index (χ2n) is 6.35. The van der Waals surface area contributed by atoms with Gasteiger partial charge in [-0.1, -0.05) is 48.5 Å². The van der Waals surface area contributed by atoms with E-state index in [9.17, 15) is 14.0 Å². The van der Waals surface area contributed by atoms with E-state index >= 15 is 0 Å². The SMILES string of the molecule is O=C1S/C(=C/c2cccc(Oc3ccccc3)c2)C(=O)N1Cc1ccccc1F. The van der Waals surface area contributed by atoms with E-state index in [0.29, 0.717) is 22.0 Å². The van der Waals surface area contributed by atoms with Crippen molar-refractivity contribution in [3.05, 3.63) is 101 Å². The first-order valence-corrected chi connectivity index (χ1v) is 9.73. The maximum atomic E-state index is 13.9. The Morgan fingerprint density at radius 2 is 1.62 bits per heavy atom. The normalized spacial score (nSPS) is 15.2. The molecular formula is C23H16FNO3S. The molecule has 1 aliphatic rings. The highest BCUT2D eigenvalue weighted by molar-refractivity contribution is 8.18. The molecular weight excluding hydrogens is 389 g/mol. The first-order valence-electron chi connectivity index (χ1n) is 8.92. The predicted molar refractivity (Wildman–Crippen MR) is 111 cm³/mol. The van der Waals surface area contributed by atoms with Crippen LogP contribution in [0.3, 0.4) is 0 Å². The lowest BCUT2D eigenvalue weighted by molar-refractivity contribution is -0.123. The number of ether oxygens (including phenoxy) is 1. The first-order chi connectivity index (χ1) is 14.1. The summed E-state index contributed by atoms with van der Waals surface area (Å²) in [7, 11) is 0. The average Bonchev–Trinajstić information content (AvgIpc) is 2.98. The molecule has 3 aromatic carbocycles. The second-order valence-corrected chi connectivity index (χ2v) is 7.34. The van der Waals surface area contributed by atoms with Crippen LogP contribution in [0.4, 0.5) is 9.18 Å². The molecule has 2 amide bonds. The van der Waals surface area contributed by atoms with E-state index in [1.807, 2.05) is 48.5 Å². The highest BCUT2D eigenvalue weighted by atomic mass is 32.2. The smallest absolute Gasteiger partial charge is 0.293 e. The van der Waals surface area contributed by atoms with Crippen molar-refractivity contribution in [2.75, 3.05) is 0 Å². The van der Waals surface area contributed by atoms with E-state index in [4.69, 9.17) is 4.74 Å². The zero-order valence-corrected chi connectivity index (χ0v) is 16.1. The van der Waals surface area contributed by atoms with Gasteiger partial charge < -0.3 is 4.74 Å². The summed E-state index contributed by atoms with van der Waals surface area (Å²) in [6.07, 6.45) is 1.64. The van der Waals surface area contributed by atoms with E-state index in [1.54, 1.807) is 30.3 Å². The van der Waals surface area contributed by atoms with Crippen LogP contribution in [-0.4, -0.2) is 16.0 Å². The highest BCUT2D eigenvalue weighted by Gasteiger charge is 2.35. The number of rotatable bonds is 5. The second kappa shape index (κ2) is 8.32. The molecule has 0 atom stereocenters. The lowest BCUT2D eigenvalue weighted by atomic mass is 10.2. The monoisotopic (exact) mass is 405 g/mol. The van der Waals surface area contributed by atoms with Crippen molar-refractivity contribution in [2.24, 2.45) is 0 Å². The predicted octanol–water partition coefficient (Wildman–Crippen LogP) is 5.85. The minimum absolute atomic E-state index is 0.0914. The summed E-state index contributed by atoms with van der Waals surface area (Å²) < 4.78 is 19.7. The van der Waals surface area contributed by atoms with Crippen molar-refractivity contribution >= 4 is 29.0 Å². The van der Waals surface area contributed by atoms with Crippen molar-refractivity contribution < 1.29 is 18.7 Å². The largest absolute Gasteiger partial charge is 0.457 e. The summed E-state index contributed by atoms with van der Waals surface area (Å²) >= 11 is 0.847. The quantitative estimate of drug-likeness (QED) is 0.499. The van der Waals surface area contributed by atoms with E-state index in [0.717, 1.165) is 22.2 Å². The molecule has 144 valence electrons. The molecule has 1 fully saturated rings. The van der Waals surface area contributed by atoms with Gasteiger partial charge in [-0.2, -0.15) is 0 Å². The maximum absolute atomic E-state index is 13.9. The molecule has 4 rings (SSSR count). The number of hydrogen-bond acceptors (Lipinski definition) is 4. The van der Waals surface area contributed by atoms with Crippen molar-refractivity contribution in [2.45, 2.75) is 6.54 Å². The molecule has 0 aliphatic carbocycles. The first kappa shape index (κ1) is 19.0. The van der Waals surface area contributed by atoms with Gasteiger partial charge in [-0.15, -0.1) is 0 Å². The molecule has 0 N–H and O–H groups in total. The van der Waals surface area contributed by atoms with E-state index in [1.165, 1.54) is 6.07 Å². The van der Waals surface area contributed by atoms with Gasteiger partial charge in [0.25, 0.3) is 11.1 Å². The topological polar surface area (TPSA) is 46.6 Å². The minimum atomic E-state index is -0.443. The Balaban J connectivity index is 1.53. The lowest BCUT2D eigenvalue weighted by Crippen LogP contribution is -2.27. The fourth-order valence-electron chi connectivity index (χ4n) is 2.88. The number of amides is 2. The maximum Gasteiger partial charge on any atom is 0.293 e. The Bertz CT molecular complexity index is 1100. The molecule has 0 bridgehead atoms. The van der Waals surface area contributed by atoms with Gasteiger partial charge in [0.05, 0.1) is 11.4 Å². The number of imide groups is 1.